The first-order valence-corrected chi connectivity index (χ1v) is 6.42. The van der Waals surface area contributed by atoms with E-state index in [0.29, 0.717) is 13.0 Å². The molecule has 0 aliphatic heterocycles. The van der Waals surface area contributed by atoms with Crippen molar-refractivity contribution in [1.29, 1.82) is 0 Å². The fourth-order valence-corrected chi connectivity index (χ4v) is 2.11. The zero-order valence-corrected chi connectivity index (χ0v) is 11.2. The predicted octanol–water partition coefficient (Wildman–Crippen LogP) is 1.41. The van der Waals surface area contributed by atoms with Gasteiger partial charge in [0.2, 0.25) is 5.91 Å². The van der Waals surface area contributed by atoms with E-state index in [0.717, 1.165) is 18.7 Å². The highest BCUT2D eigenvalue weighted by atomic mass is 16.1. The van der Waals surface area contributed by atoms with Gasteiger partial charge < -0.3 is 16.4 Å². The summed E-state index contributed by atoms with van der Waals surface area (Å²) in [6.45, 7) is 5.37. The number of carbonyl (C=O) groups is 1. The number of amides is 1. The van der Waals surface area contributed by atoms with Crippen molar-refractivity contribution in [1.82, 2.24) is 0 Å². The molecule has 18 heavy (non-hydrogen) atoms. The van der Waals surface area contributed by atoms with E-state index in [4.69, 9.17) is 11.5 Å². The van der Waals surface area contributed by atoms with Crippen LogP contribution in [0.2, 0.25) is 0 Å². The van der Waals surface area contributed by atoms with Crippen LogP contribution in [0.3, 0.4) is 0 Å². The smallest absolute Gasteiger partial charge is 0.240 e. The first kappa shape index (κ1) is 14.5. The topological polar surface area (TPSA) is 72.4 Å². The van der Waals surface area contributed by atoms with Crippen LogP contribution in [0.5, 0.6) is 0 Å². The van der Waals surface area contributed by atoms with Crippen molar-refractivity contribution in [2.75, 3.05) is 18.0 Å². The minimum Gasteiger partial charge on any atom is -0.368 e. The molecule has 0 fully saturated rings. The fourth-order valence-electron chi connectivity index (χ4n) is 2.11. The van der Waals surface area contributed by atoms with Crippen molar-refractivity contribution in [2.24, 2.45) is 11.5 Å². The molecule has 4 N–H and O–H groups in total. The van der Waals surface area contributed by atoms with Crippen LogP contribution in [0.1, 0.15) is 25.3 Å². The molecule has 4 heteroatoms. The molecule has 0 radical (unpaired) electrons. The number of rotatable bonds is 7. The van der Waals surface area contributed by atoms with Gasteiger partial charge in [-0.3, -0.25) is 4.79 Å². The minimum atomic E-state index is -0.281. The third-order valence-corrected chi connectivity index (χ3v) is 3.03. The summed E-state index contributed by atoms with van der Waals surface area (Å²) in [6, 6.07) is 7.85. The monoisotopic (exact) mass is 249 g/mol. The Morgan fingerprint density at radius 3 is 2.67 bits per heavy atom. The molecular weight excluding hydrogens is 226 g/mol. The van der Waals surface area contributed by atoms with Gasteiger partial charge in [0, 0.05) is 12.2 Å². The Kier molecular flexibility index (Phi) is 5.65. The predicted molar refractivity (Wildman–Crippen MR) is 75.5 cm³/mol. The number of primary amides is 1. The van der Waals surface area contributed by atoms with Gasteiger partial charge >= 0.3 is 0 Å². The van der Waals surface area contributed by atoms with E-state index in [-0.39, 0.29) is 11.9 Å². The van der Waals surface area contributed by atoms with Crippen molar-refractivity contribution in [3.63, 3.8) is 0 Å². The SMILES string of the molecule is CCC(C(N)=O)N(CCCN)c1cccc(C)c1. The zero-order valence-electron chi connectivity index (χ0n) is 11.2. The van der Waals surface area contributed by atoms with Gasteiger partial charge in [-0.15, -0.1) is 0 Å². The van der Waals surface area contributed by atoms with Gasteiger partial charge in [0.25, 0.3) is 0 Å². The lowest BCUT2D eigenvalue weighted by molar-refractivity contribution is -0.119. The molecule has 1 aromatic carbocycles. The molecule has 1 unspecified atom stereocenters. The second kappa shape index (κ2) is 7.01. The maximum absolute atomic E-state index is 11.5. The van der Waals surface area contributed by atoms with Crippen molar-refractivity contribution < 1.29 is 4.79 Å². The van der Waals surface area contributed by atoms with Crippen LogP contribution in [0.25, 0.3) is 0 Å². The summed E-state index contributed by atoms with van der Waals surface area (Å²) in [7, 11) is 0. The summed E-state index contributed by atoms with van der Waals surface area (Å²) in [5.41, 5.74) is 13.3. The number of nitrogens with two attached hydrogens (primary N) is 2. The second-order valence-electron chi connectivity index (χ2n) is 4.50. The van der Waals surface area contributed by atoms with Crippen LogP contribution in [0, 0.1) is 6.92 Å². The molecule has 100 valence electrons. The fraction of sp³-hybridized carbons (Fsp3) is 0.500. The zero-order chi connectivity index (χ0) is 13.5. The van der Waals surface area contributed by atoms with Crippen LogP contribution in [0.4, 0.5) is 5.69 Å². The van der Waals surface area contributed by atoms with Crippen molar-refractivity contribution in [3.8, 4) is 0 Å². The molecule has 0 bridgehead atoms. The summed E-state index contributed by atoms with van der Waals surface area (Å²) in [5.74, 6) is -0.281. The number of aryl methyl sites for hydroxylation is 1. The van der Waals surface area contributed by atoms with E-state index in [1.165, 1.54) is 5.56 Å². The maximum atomic E-state index is 11.5. The van der Waals surface area contributed by atoms with Crippen LogP contribution in [-0.4, -0.2) is 25.0 Å². The van der Waals surface area contributed by atoms with Gasteiger partial charge in [-0.05, 0) is 44.0 Å². The minimum absolute atomic E-state index is 0.265. The Labute approximate surface area is 109 Å². The standard InChI is InChI=1S/C14H23N3O/c1-3-13(14(16)18)17(9-5-8-15)12-7-4-6-11(2)10-12/h4,6-7,10,13H,3,5,8-9,15H2,1-2H3,(H2,16,18). The summed E-state index contributed by atoms with van der Waals surface area (Å²) >= 11 is 0. The first-order chi connectivity index (χ1) is 8.60. The van der Waals surface area contributed by atoms with Crippen LogP contribution >= 0.6 is 0 Å². The molecule has 1 atom stereocenters. The number of nitrogens with zero attached hydrogens (tertiary/aromatic N) is 1. The lowest BCUT2D eigenvalue weighted by Gasteiger charge is -2.31. The number of anilines is 1. The highest BCUT2D eigenvalue weighted by Crippen LogP contribution is 2.20. The molecule has 0 aliphatic rings. The normalized spacial score (nSPS) is 12.2. The van der Waals surface area contributed by atoms with Crippen LogP contribution < -0.4 is 16.4 Å². The van der Waals surface area contributed by atoms with E-state index in [1.54, 1.807) is 0 Å². The van der Waals surface area contributed by atoms with Crippen LogP contribution in [-0.2, 0) is 4.79 Å². The highest BCUT2D eigenvalue weighted by Gasteiger charge is 2.21. The average molecular weight is 249 g/mol. The summed E-state index contributed by atoms with van der Waals surface area (Å²) in [5, 5.41) is 0. The second-order valence-corrected chi connectivity index (χ2v) is 4.50. The van der Waals surface area contributed by atoms with Gasteiger partial charge in [-0.2, -0.15) is 0 Å². The maximum Gasteiger partial charge on any atom is 0.240 e. The first-order valence-electron chi connectivity index (χ1n) is 6.42. The van der Waals surface area contributed by atoms with E-state index >= 15 is 0 Å². The van der Waals surface area contributed by atoms with Gasteiger partial charge in [-0.25, -0.2) is 0 Å². The molecule has 0 heterocycles. The highest BCUT2D eigenvalue weighted by molar-refractivity contribution is 5.83. The average Bonchev–Trinajstić information content (AvgIpc) is 2.33. The summed E-state index contributed by atoms with van der Waals surface area (Å²) in [6.07, 6.45) is 1.55. The summed E-state index contributed by atoms with van der Waals surface area (Å²) in [4.78, 5) is 13.6. The Hall–Kier alpha value is -1.55. The molecule has 0 aromatic heterocycles. The van der Waals surface area contributed by atoms with E-state index in [1.807, 2.05) is 32.0 Å². The van der Waals surface area contributed by atoms with Gasteiger partial charge in [0.05, 0.1) is 0 Å². The Morgan fingerprint density at radius 2 is 2.17 bits per heavy atom. The molecule has 1 amide bonds. The quantitative estimate of drug-likeness (QED) is 0.767. The van der Waals surface area contributed by atoms with Gasteiger partial charge in [-0.1, -0.05) is 19.1 Å². The molecule has 0 saturated carbocycles. The number of benzene rings is 1. The van der Waals surface area contributed by atoms with E-state index < -0.39 is 0 Å². The number of hydrogen-bond acceptors (Lipinski definition) is 3. The third-order valence-electron chi connectivity index (χ3n) is 3.03. The number of hydrogen-bond donors (Lipinski definition) is 2. The molecule has 1 aromatic rings. The molecule has 0 spiro atoms. The van der Waals surface area contributed by atoms with Gasteiger partial charge in [0.15, 0.2) is 0 Å². The van der Waals surface area contributed by atoms with E-state index in [9.17, 15) is 4.79 Å². The largest absolute Gasteiger partial charge is 0.368 e. The Morgan fingerprint density at radius 1 is 1.44 bits per heavy atom. The lowest BCUT2D eigenvalue weighted by Crippen LogP contribution is -2.45. The molecule has 0 saturated heterocycles. The van der Waals surface area contributed by atoms with Crippen molar-refractivity contribution in [3.05, 3.63) is 29.8 Å². The third kappa shape index (κ3) is 3.74. The van der Waals surface area contributed by atoms with E-state index in [2.05, 4.69) is 11.0 Å². The molecule has 4 nitrogen and oxygen atoms in total. The summed E-state index contributed by atoms with van der Waals surface area (Å²) < 4.78 is 0. The Bertz CT molecular complexity index is 392. The molecule has 1 rings (SSSR count). The van der Waals surface area contributed by atoms with Crippen LogP contribution in [0.15, 0.2) is 24.3 Å². The van der Waals surface area contributed by atoms with Gasteiger partial charge in [0.1, 0.15) is 6.04 Å². The number of carbonyl (C=O) groups excluding carboxylic acids is 1. The lowest BCUT2D eigenvalue weighted by atomic mass is 10.1. The Balaban J connectivity index is 2.99. The molecule has 0 aliphatic carbocycles. The van der Waals surface area contributed by atoms with Crippen molar-refractivity contribution >= 4 is 11.6 Å². The van der Waals surface area contributed by atoms with Crippen molar-refractivity contribution in [2.45, 2.75) is 32.7 Å². The molecular formula is C14H23N3O.